The number of nitrogens with zero attached hydrogens (tertiary/aromatic N) is 5. The molecule has 5 aromatic carbocycles. The molecule has 0 spiro atoms. The summed E-state index contributed by atoms with van der Waals surface area (Å²) in [6, 6.07) is 61.0. The van der Waals surface area contributed by atoms with E-state index in [0.29, 0.717) is 39.6 Å². The van der Waals surface area contributed by atoms with Gasteiger partial charge in [-0.15, -0.1) is 0 Å². The molecule has 45 heteroatoms. The molecule has 5 aromatic heterocycles. The number of halogens is 30. The SMILES string of the molecule is C[n+]1c2ccccc2c(-c2ccc(OCCOCCOCCOC(=O)C34CC5CC(CC(C5)C3)C4)cc2)c2ccccc21.F[P-](F)(F)(F)(F)F.F[P-](F)(F)(F)(F)F.F[P-](F)(F)(F)(F)F.F[P-](F)(F)(F)(F)F.F[P-](F)(F)(F)(F)F.c1cc2ccc1C[n+]1ccc(cc1)-c1cc[n+](cc1)Cc1ccc(cc1)C[n+]1ccc(cc1)-c1cc[n+](cc1)C2. The average molecular weight is 1830 g/mol. The van der Waals surface area contributed by atoms with Gasteiger partial charge in [-0.05, 0) is 108 Å². The van der Waals surface area contributed by atoms with Gasteiger partial charge in [0.25, 0.3) is 0 Å². The Kier molecular flexibility index (Phi) is 25.2. The first-order valence-electron chi connectivity index (χ1n) is 34.9. The van der Waals surface area contributed by atoms with E-state index in [-0.39, 0.29) is 11.4 Å². The second-order valence-corrected chi connectivity index (χ2v) is 37.9. The maximum absolute atomic E-state index is 12.9. The second kappa shape index (κ2) is 31.3. The summed E-state index contributed by atoms with van der Waals surface area (Å²) in [5.41, 5.74) is 14.7. The molecule has 4 fully saturated rings. The van der Waals surface area contributed by atoms with Crippen LogP contribution in [0.3, 0.4) is 0 Å². The van der Waals surface area contributed by atoms with E-state index in [1.807, 2.05) is 12.1 Å². The van der Waals surface area contributed by atoms with Crippen molar-refractivity contribution in [3.8, 4) is 39.1 Å². The Morgan fingerprint density at radius 3 is 0.839 bits per heavy atom. The van der Waals surface area contributed by atoms with E-state index >= 15 is 0 Å². The van der Waals surface area contributed by atoms with Crippen LogP contribution in [-0.4, -0.2) is 45.6 Å². The van der Waals surface area contributed by atoms with Crippen molar-refractivity contribution in [1.82, 2.24) is 0 Å². The second-order valence-electron chi connectivity index (χ2n) is 28.4. The van der Waals surface area contributed by atoms with Crippen LogP contribution in [0.5, 0.6) is 5.75 Å². The van der Waals surface area contributed by atoms with Crippen molar-refractivity contribution >= 4 is 66.8 Å². The van der Waals surface area contributed by atoms with Crippen LogP contribution in [0.15, 0.2) is 219 Å². The Morgan fingerprint density at radius 1 is 0.322 bits per heavy atom. The zero-order chi connectivity index (χ0) is 88.0. The van der Waals surface area contributed by atoms with Gasteiger partial charge in [0.2, 0.25) is 11.0 Å². The predicted octanol–water partition coefficient (Wildman–Crippen LogP) is 28.2. The number of hydrogen-bond donors (Lipinski definition) is 0. The molecule has 16 aliphatic heterocycles. The summed E-state index contributed by atoms with van der Waals surface area (Å²) in [6.07, 6.45) is 24.5. The van der Waals surface area contributed by atoms with E-state index in [9.17, 15) is 131 Å². The number of carbonyl (C=O) groups is 1. The van der Waals surface area contributed by atoms with Crippen LogP contribution in [0.25, 0.3) is 55.2 Å². The fraction of sp³-hybridized carbons (Fsp3) is 0.288. The zero-order valence-corrected chi connectivity index (χ0v) is 65.7. The van der Waals surface area contributed by atoms with Gasteiger partial charge in [0, 0.05) is 88.5 Å². The monoisotopic (exact) mass is 1830 g/mol. The molecule has 21 heterocycles. The molecule has 10 nitrogen and oxygen atoms in total. The van der Waals surface area contributed by atoms with Gasteiger partial charge in [-0.2, -0.15) is 4.57 Å². The van der Waals surface area contributed by atoms with Crippen LogP contribution < -0.4 is 27.6 Å². The fourth-order valence-electron chi connectivity index (χ4n) is 13.9. The predicted molar refractivity (Wildman–Crippen MR) is 388 cm³/mol. The molecule has 10 aromatic rings. The maximum Gasteiger partial charge on any atom is 0.173 e. The molecule has 0 radical (unpaired) electrons. The standard InChI is InChI=1S/C37H42NO5.C36H32N4.5F6P/c1-38-33-8-4-2-6-31(33)35(32-7-3-5-9-34(32)38)29-10-12-30(13-11-29)42-18-16-40-14-15-41-17-19-43-36(39)37-23-26-20-27(24-37)22-28(21-26)25-37;1-2-30-4-3-29(1)25-37-17-9-33(10-18-37)35-13-21-39(22-14-35)27-31-5-7-32(8-6-31)28-40-23-15-36(16-24-40)34-11-19-38(26-30)20-12-34;5*1-7(2,3,4,5)6/h2-13,26-28H,14-25H2,1H3;1-24H,25-28H2;;;;;/q+1;+4;5*-1. The van der Waals surface area contributed by atoms with Crippen molar-refractivity contribution in [3.05, 3.63) is 242 Å². The van der Waals surface area contributed by atoms with Crippen LogP contribution in [0.1, 0.15) is 60.8 Å². The summed E-state index contributed by atoms with van der Waals surface area (Å²) in [5, 5.41) is 2.46. The average Bonchev–Trinajstić information content (AvgIpc) is 0.740. The first kappa shape index (κ1) is 95.1. The van der Waals surface area contributed by atoms with Crippen molar-refractivity contribution in [3.63, 3.8) is 0 Å². The number of fused-ring (bicyclic) bond motifs is 2. The molecule has 118 heavy (non-hydrogen) atoms. The van der Waals surface area contributed by atoms with Crippen LogP contribution in [-0.2, 0) is 52.2 Å². The number of para-hydroxylation sites is 2. The Bertz CT molecular complexity index is 4570. The topological polar surface area (TPSA) is 73.4 Å². The molecule has 0 saturated heterocycles. The fourth-order valence-corrected chi connectivity index (χ4v) is 13.9. The minimum Gasteiger partial charge on any atom is -0.201 e. The third kappa shape index (κ3) is 40.6. The van der Waals surface area contributed by atoms with Gasteiger partial charge in [-0.3, -0.25) is 4.79 Å². The number of esters is 1. The minimum atomic E-state index is -10.7. The Labute approximate surface area is 652 Å². The molecular weight excluding hydrogens is 1750 g/mol. The number of ether oxygens (including phenoxy) is 4. The molecule has 656 valence electrons. The van der Waals surface area contributed by atoms with Gasteiger partial charge < -0.3 is 18.9 Å². The van der Waals surface area contributed by atoms with E-state index in [0.717, 1.165) is 74.5 Å². The summed E-state index contributed by atoms with van der Waals surface area (Å²) in [5.74, 6) is 3.08. The molecule has 16 bridgehead atoms. The van der Waals surface area contributed by atoms with E-state index in [4.69, 9.17) is 18.9 Å². The Morgan fingerprint density at radius 2 is 0.568 bits per heavy atom. The van der Waals surface area contributed by atoms with E-state index in [2.05, 4.69) is 237 Å². The van der Waals surface area contributed by atoms with Crippen molar-refractivity contribution < 1.29 is 172 Å². The molecule has 4 aliphatic carbocycles. The molecule has 4 saturated carbocycles. The summed E-state index contributed by atoms with van der Waals surface area (Å²) >= 11 is 0. The van der Waals surface area contributed by atoms with Gasteiger partial charge >= 0.3 is 171 Å². The number of aromatic nitrogens is 5. The van der Waals surface area contributed by atoms with Crippen LogP contribution in [0, 0.1) is 23.2 Å². The third-order valence-electron chi connectivity index (χ3n) is 17.8. The minimum absolute atomic E-state index is 0.0243. The normalized spacial score (nSPS) is 19.9. The molecule has 30 rings (SSSR count). The van der Waals surface area contributed by atoms with E-state index < -0.39 is 39.0 Å². The number of carbonyl (C=O) groups excluding carboxylic acids is 1. The maximum atomic E-state index is 12.9. The largest absolute Gasteiger partial charge is 0.201 e. The molecule has 0 atom stereocenters. The van der Waals surface area contributed by atoms with Crippen molar-refractivity contribution in [2.45, 2.75) is 64.7 Å². The summed E-state index contributed by atoms with van der Waals surface area (Å²) in [6.45, 7) is 6.06. The summed E-state index contributed by atoms with van der Waals surface area (Å²) < 4.78 is 330. The van der Waals surface area contributed by atoms with Crippen molar-refractivity contribution in [2.24, 2.45) is 30.2 Å². The van der Waals surface area contributed by atoms with Crippen LogP contribution in [0.2, 0.25) is 0 Å². The first-order valence-corrected chi connectivity index (χ1v) is 45.0. The number of hydrogen-bond acceptors (Lipinski definition) is 5. The van der Waals surface area contributed by atoms with E-state index in [1.54, 1.807) is 0 Å². The van der Waals surface area contributed by atoms with Gasteiger partial charge in [0.05, 0.1) is 42.6 Å². The van der Waals surface area contributed by atoms with Crippen LogP contribution in [0.4, 0.5) is 126 Å². The van der Waals surface area contributed by atoms with Gasteiger partial charge in [-0.25, -0.2) is 18.3 Å². The van der Waals surface area contributed by atoms with Gasteiger partial charge in [0.15, 0.2) is 75.8 Å². The van der Waals surface area contributed by atoms with E-state index in [1.165, 1.54) is 91.1 Å². The Hall–Kier alpha value is -8.39. The molecular formula is C73H74F30N5O5P5. The smallest absolute Gasteiger partial charge is 0.173 e. The van der Waals surface area contributed by atoms with Gasteiger partial charge in [-0.1, -0.05) is 84.9 Å². The summed E-state index contributed by atoms with van der Waals surface area (Å²) in [7, 11) is -51.2. The van der Waals surface area contributed by atoms with Gasteiger partial charge in [0.1, 0.15) is 26.0 Å². The zero-order valence-electron chi connectivity index (χ0n) is 61.2. The molecule has 0 amide bonds. The van der Waals surface area contributed by atoms with Crippen molar-refractivity contribution in [1.29, 1.82) is 0 Å². The number of pyridine rings is 5. The molecule has 20 aliphatic rings. The number of rotatable bonds is 12. The number of benzene rings is 5. The number of aryl methyl sites for hydroxylation is 1. The van der Waals surface area contributed by atoms with Crippen LogP contribution >= 0.6 is 39.0 Å². The summed E-state index contributed by atoms with van der Waals surface area (Å²) in [4.78, 5) is 12.9. The molecule has 0 unspecified atom stereocenters. The third-order valence-corrected chi connectivity index (χ3v) is 17.8. The first-order chi connectivity index (χ1) is 53.1. The van der Waals surface area contributed by atoms with Crippen molar-refractivity contribution in [2.75, 3.05) is 39.6 Å². The molecule has 0 N–H and O–H groups in total. The Balaban J connectivity index is 0.000000210. The quantitative estimate of drug-likeness (QED) is 0.0304.